The van der Waals surface area contributed by atoms with Gasteiger partial charge in [-0.3, -0.25) is 4.79 Å². The smallest absolute Gasteiger partial charge is 0.234 e. The molecule has 9 heteroatoms. The number of amides is 1. The lowest BCUT2D eigenvalue weighted by Crippen LogP contribution is -2.16. The summed E-state index contributed by atoms with van der Waals surface area (Å²) in [6.07, 6.45) is 0.773. The van der Waals surface area contributed by atoms with Gasteiger partial charge in [-0.1, -0.05) is 53.7 Å². The largest absolute Gasteiger partial charge is 0.497 e. The Labute approximate surface area is 206 Å². The van der Waals surface area contributed by atoms with Gasteiger partial charge in [0.2, 0.25) is 5.91 Å². The van der Waals surface area contributed by atoms with E-state index in [1.807, 2.05) is 47.0 Å². The molecule has 0 aliphatic carbocycles. The van der Waals surface area contributed by atoms with Crippen LogP contribution < -0.4 is 10.1 Å². The fraction of sp³-hybridized carbons (Fsp3) is 0.160. The number of hydrogen-bond donors (Lipinski definition) is 1. The summed E-state index contributed by atoms with van der Waals surface area (Å²) in [6.45, 7) is 0.630. The van der Waals surface area contributed by atoms with Crippen LogP contribution in [0.25, 0.3) is 11.4 Å². The van der Waals surface area contributed by atoms with E-state index in [2.05, 4.69) is 27.6 Å². The van der Waals surface area contributed by atoms with E-state index in [-0.39, 0.29) is 17.3 Å². The van der Waals surface area contributed by atoms with E-state index >= 15 is 0 Å². The quantitative estimate of drug-likeness (QED) is 0.300. The molecule has 1 heterocycles. The molecule has 4 aromatic rings. The SMILES string of the molecule is COc1ccc(-c2nnc(SCC(=O)Nc3cc(Cl)ccc3F)n2CCc2ccccc2)cc1. The summed E-state index contributed by atoms with van der Waals surface area (Å²) in [5.74, 6) is 0.573. The second kappa shape index (κ2) is 11.2. The van der Waals surface area contributed by atoms with Crippen LogP contribution in [0.4, 0.5) is 10.1 Å². The van der Waals surface area contributed by atoms with Gasteiger partial charge in [0.1, 0.15) is 11.6 Å². The van der Waals surface area contributed by atoms with Gasteiger partial charge in [-0.25, -0.2) is 4.39 Å². The van der Waals surface area contributed by atoms with E-state index in [0.717, 1.165) is 17.7 Å². The molecule has 0 spiro atoms. The molecule has 4 rings (SSSR count). The van der Waals surface area contributed by atoms with Crippen molar-refractivity contribution >= 4 is 35.0 Å². The van der Waals surface area contributed by atoms with Gasteiger partial charge in [0.05, 0.1) is 18.6 Å². The van der Waals surface area contributed by atoms with Crippen LogP contribution in [0.2, 0.25) is 5.02 Å². The lowest BCUT2D eigenvalue weighted by Gasteiger charge is -2.11. The van der Waals surface area contributed by atoms with E-state index in [9.17, 15) is 9.18 Å². The Morgan fingerprint density at radius 2 is 1.85 bits per heavy atom. The van der Waals surface area contributed by atoms with E-state index in [1.165, 1.54) is 35.5 Å². The highest BCUT2D eigenvalue weighted by atomic mass is 35.5. The summed E-state index contributed by atoms with van der Waals surface area (Å²) in [5, 5.41) is 12.2. The highest BCUT2D eigenvalue weighted by Crippen LogP contribution is 2.27. The molecule has 0 radical (unpaired) electrons. The predicted molar refractivity (Wildman–Crippen MR) is 133 cm³/mol. The third-order valence-corrected chi connectivity index (χ3v) is 6.27. The zero-order valence-electron chi connectivity index (χ0n) is 18.4. The average molecular weight is 497 g/mol. The van der Waals surface area contributed by atoms with Crippen molar-refractivity contribution in [2.24, 2.45) is 0 Å². The maximum absolute atomic E-state index is 13.9. The summed E-state index contributed by atoms with van der Waals surface area (Å²) < 4.78 is 21.2. The maximum Gasteiger partial charge on any atom is 0.234 e. The number of thioether (sulfide) groups is 1. The van der Waals surface area contributed by atoms with Gasteiger partial charge in [0.15, 0.2) is 11.0 Å². The second-order valence-corrected chi connectivity index (χ2v) is 8.76. The fourth-order valence-corrected chi connectivity index (χ4v) is 4.28. The standard InChI is InChI=1S/C25H22ClFN4O2S/c1-33-20-10-7-18(8-11-20)24-29-30-25(31(24)14-13-17-5-3-2-4-6-17)34-16-23(32)28-22-15-19(26)9-12-21(22)27/h2-12,15H,13-14,16H2,1H3,(H,28,32). The molecule has 0 aliphatic heterocycles. The summed E-state index contributed by atoms with van der Waals surface area (Å²) in [7, 11) is 1.62. The third-order valence-electron chi connectivity index (χ3n) is 5.07. The average Bonchev–Trinajstić information content (AvgIpc) is 3.27. The highest BCUT2D eigenvalue weighted by Gasteiger charge is 2.17. The Morgan fingerprint density at radius 1 is 1.09 bits per heavy atom. The van der Waals surface area contributed by atoms with Crippen LogP contribution in [-0.4, -0.2) is 33.5 Å². The lowest BCUT2D eigenvalue weighted by atomic mass is 10.1. The molecule has 1 N–H and O–H groups in total. The number of aromatic nitrogens is 3. The molecule has 1 amide bonds. The minimum atomic E-state index is -0.546. The van der Waals surface area contributed by atoms with Crippen LogP contribution >= 0.6 is 23.4 Å². The number of nitrogens with one attached hydrogen (secondary N) is 1. The molecule has 0 fully saturated rings. The van der Waals surface area contributed by atoms with Crippen LogP contribution in [0, 0.1) is 5.82 Å². The number of methoxy groups -OCH3 is 1. The van der Waals surface area contributed by atoms with Gasteiger partial charge >= 0.3 is 0 Å². The van der Waals surface area contributed by atoms with Crippen molar-refractivity contribution < 1.29 is 13.9 Å². The summed E-state index contributed by atoms with van der Waals surface area (Å²) in [5.41, 5.74) is 2.11. The Balaban J connectivity index is 1.52. The molecule has 0 atom stereocenters. The molecule has 0 aliphatic rings. The van der Waals surface area contributed by atoms with Crippen LogP contribution in [0.5, 0.6) is 5.75 Å². The first-order valence-corrected chi connectivity index (χ1v) is 11.9. The van der Waals surface area contributed by atoms with Gasteiger partial charge in [-0.05, 0) is 54.4 Å². The monoisotopic (exact) mass is 496 g/mol. The Morgan fingerprint density at radius 3 is 2.59 bits per heavy atom. The van der Waals surface area contributed by atoms with Crippen molar-refractivity contribution in [3.8, 4) is 17.1 Å². The highest BCUT2D eigenvalue weighted by molar-refractivity contribution is 7.99. The van der Waals surface area contributed by atoms with Crippen molar-refractivity contribution in [2.45, 2.75) is 18.1 Å². The first-order valence-electron chi connectivity index (χ1n) is 10.5. The molecule has 174 valence electrons. The minimum absolute atomic E-state index is 0.0397. The molecule has 0 unspecified atom stereocenters. The maximum atomic E-state index is 13.9. The van der Waals surface area contributed by atoms with Gasteiger partial charge in [-0.15, -0.1) is 10.2 Å². The molecule has 1 aromatic heterocycles. The van der Waals surface area contributed by atoms with Crippen LogP contribution in [-0.2, 0) is 17.8 Å². The predicted octanol–water partition coefficient (Wildman–Crippen LogP) is 5.72. The second-order valence-electron chi connectivity index (χ2n) is 7.38. The number of carbonyl (C=O) groups excluding carboxylic acids is 1. The number of anilines is 1. The number of carbonyl (C=O) groups is 1. The molecule has 0 saturated heterocycles. The number of aryl methyl sites for hydroxylation is 1. The van der Waals surface area contributed by atoms with Crippen LogP contribution in [0.3, 0.4) is 0 Å². The fourth-order valence-electron chi connectivity index (χ4n) is 3.35. The molecule has 0 bridgehead atoms. The number of ether oxygens (including phenoxy) is 1. The normalized spacial score (nSPS) is 10.8. The Bertz CT molecular complexity index is 1270. The zero-order chi connectivity index (χ0) is 23.9. The molecule has 0 saturated carbocycles. The van der Waals surface area contributed by atoms with E-state index in [0.29, 0.717) is 22.5 Å². The summed E-state index contributed by atoms with van der Waals surface area (Å²) >= 11 is 7.15. The lowest BCUT2D eigenvalue weighted by molar-refractivity contribution is -0.113. The van der Waals surface area contributed by atoms with Crippen LogP contribution in [0.15, 0.2) is 78.0 Å². The number of benzene rings is 3. The molecule has 6 nitrogen and oxygen atoms in total. The summed E-state index contributed by atoms with van der Waals surface area (Å²) in [6, 6.07) is 21.7. The van der Waals surface area contributed by atoms with Gasteiger partial charge < -0.3 is 14.6 Å². The number of nitrogens with zero attached hydrogens (tertiary/aromatic N) is 3. The Kier molecular flexibility index (Phi) is 7.82. The van der Waals surface area contributed by atoms with Gasteiger partial charge in [-0.2, -0.15) is 0 Å². The van der Waals surface area contributed by atoms with Crippen molar-refractivity contribution in [3.63, 3.8) is 0 Å². The van der Waals surface area contributed by atoms with Gasteiger partial charge in [0, 0.05) is 17.1 Å². The number of rotatable bonds is 9. The Hall–Kier alpha value is -3.36. The zero-order valence-corrected chi connectivity index (χ0v) is 19.9. The van der Waals surface area contributed by atoms with Crippen molar-refractivity contribution in [1.29, 1.82) is 0 Å². The minimum Gasteiger partial charge on any atom is -0.497 e. The van der Waals surface area contributed by atoms with Gasteiger partial charge in [0.25, 0.3) is 0 Å². The third kappa shape index (κ3) is 5.95. The molecule has 34 heavy (non-hydrogen) atoms. The topological polar surface area (TPSA) is 69.0 Å². The van der Waals surface area contributed by atoms with Crippen molar-refractivity contribution in [2.75, 3.05) is 18.2 Å². The van der Waals surface area contributed by atoms with E-state index in [4.69, 9.17) is 16.3 Å². The molecule has 3 aromatic carbocycles. The summed E-state index contributed by atoms with van der Waals surface area (Å²) in [4.78, 5) is 12.5. The molecular formula is C25H22ClFN4O2S. The number of halogens is 2. The number of hydrogen-bond acceptors (Lipinski definition) is 5. The molecular weight excluding hydrogens is 475 g/mol. The first-order chi connectivity index (χ1) is 16.5. The van der Waals surface area contributed by atoms with Crippen LogP contribution in [0.1, 0.15) is 5.56 Å². The van der Waals surface area contributed by atoms with E-state index in [1.54, 1.807) is 7.11 Å². The van der Waals surface area contributed by atoms with E-state index < -0.39 is 5.82 Å². The van der Waals surface area contributed by atoms with Crippen molar-refractivity contribution in [3.05, 3.63) is 89.2 Å². The first kappa shape index (κ1) is 23.8. The van der Waals surface area contributed by atoms with Crippen molar-refractivity contribution in [1.82, 2.24) is 14.8 Å².